The monoisotopic (exact) mass is 141 g/mol. The van der Waals surface area contributed by atoms with Gasteiger partial charge in [0.15, 0.2) is 0 Å². The largest absolute Gasteiger partial charge is 0.378 e. The van der Waals surface area contributed by atoms with Gasteiger partial charge in [-0.05, 0) is 37.6 Å². The van der Waals surface area contributed by atoms with Crippen molar-refractivity contribution < 1.29 is 4.74 Å². The van der Waals surface area contributed by atoms with E-state index in [2.05, 4.69) is 0 Å². The molecule has 0 aromatic heterocycles. The van der Waals surface area contributed by atoms with Gasteiger partial charge in [-0.15, -0.1) is 0 Å². The minimum Gasteiger partial charge on any atom is -0.378 e. The highest BCUT2D eigenvalue weighted by Crippen LogP contribution is 2.51. The quantitative estimate of drug-likeness (QED) is 0.629. The molecule has 1 heterocycles. The van der Waals surface area contributed by atoms with Crippen molar-refractivity contribution in [2.75, 3.05) is 13.2 Å². The van der Waals surface area contributed by atoms with Gasteiger partial charge in [-0.25, -0.2) is 0 Å². The Hall–Kier alpha value is -0.0800. The van der Waals surface area contributed by atoms with Crippen LogP contribution in [0.25, 0.3) is 0 Å². The molecule has 3 atom stereocenters. The van der Waals surface area contributed by atoms with E-state index in [1.54, 1.807) is 0 Å². The number of ether oxygens (including phenoxy) is 1. The smallest absolute Gasteiger partial charge is 0.0639 e. The lowest BCUT2D eigenvalue weighted by atomic mass is 10.1. The molecule has 1 aliphatic carbocycles. The van der Waals surface area contributed by atoms with Gasteiger partial charge in [0.25, 0.3) is 0 Å². The number of hydrogen-bond donors (Lipinski definition) is 1. The molecule has 2 N–H and O–H groups in total. The fourth-order valence-corrected chi connectivity index (χ4v) is 2.11. The van der Waals surface area contributed by atoms with Gasteiger partial charge in [-0.1, -0.05) is 0 Å². The van der Waals surface area contributed by atoms with Crippen molar-refractivity contribution in [3.63, 3.8) is 0 Å². The van der Waals surface area contributed by atoms with Crippen LogP contribution in [0.5, 0.6) is 0 Å². The first-order chi connectivity index (χ1) is 4.93. The minimum absolute atomic E-state index is 0.645. The standard InChI is InChI=1S/C8H15NO/c9-4-1-2-6-7-3-5-10-8(6)7/h6-8H,1-5,9H2/t6?,7-,8+/m1/s1. The molecule has 0 spiro atoms. The van der Waals surface area contributed by atoms with E-state index < -0.39 is 0 Å². The summed E-state index contributed by atoms with van der Waals surface area (Å²) in [6.45, 7) is 1.85. The summed E-state index contributed by atoms with van der Waals surface area (Å²) in [6, 6.07) is 0. The lowest BCUT2D eigenvalue weighted by Gasteiger charge is -2.00. The van der Waals surface area contributed by atoms with Gasteiger partial charge in [0.1, 0.15) is 0 Å². The van der Waals surface area contributed by atoms with E-state index >= 15 is 0 Å². The van der Waals surface area contributed by atoms with Gasteiger partial charge in [0, 0.05) is 6.61 Å². The summed E-state index contributed by atoms with van der Waals surface area (Å²) >= 11 is 0. The molecule has 1 aliphatic heterocycles. The van der Waals surface area contributed by atoms with Gasteiger partial charge in [-0.2, -0.15) is 0 Å². The van der Waals surface area contributed by atoms with Crippen LogP contribution in [-0.2, 0) is 4.74 Å². The van der Waals surface area contributed by atoms with E-state index in [1.807, 2.05) is 0 Å². The van der Waals surface area contributed by atoms with E-state index in [4.69, 9.17) is 10.5 Å². The number of nitrogens with two attached hydrogens (primary N) is 1. The Balaban J connectivity index is 1.69. The van der Waals surface area contributed by atoms with Crippen LogP contribution in [0, 0.1) is 11.8 Å². The zero-order chi connectivity index (χ0) is 6.97. The van der Waals surface area contributed by atoms with Crippen LogP contribution in [0.2, 0.25) is 0 Å². The van der Waals surface area contributed by atoms with Crippen LogP contribution < -0.4 is 5.73 Å². The first kappa shape index (κ1) is 6.62. The molecule has 2 nitrogen and oxygen atoms in total. The van der Waals surface area contributed by atoms with Crippen molar-refractivity contribution in [2.45, 2.75) is 25.4 Å². The second-order valence-corrected chi connectivity index (χ2v) is 3.38. The fourth-order valence-electron chi connectivity index (χ4n) is 2.11. The number of rotatable bonds is 3. The molecule has 2 aliphatic rings. The number of hydrogen-bond acceptors (Lipinski definition) is 2. The molecular weight excluding hydrogens is 126 g/mol. The van der Waals surface area contributed by atoms with E-state index in [1.165, 1.54) is 19.3 Å². The lowest BCUT2D eigenvalue weighted by molar-refractivity contribution is 0.136. The SMILES string of the molecule is NCCCC1[C@H]2CCO[C@@H]12. The highest BCUT2D eigenvalue weighted by Gasteiger charge is 2.53. The molecule has 2 heteroatoms. The normalized spacial score (nSPS) is 43.5. The third-order valence-electron chi connectivity index (χ3n) is 2.76. The van der Waals surface area contributed by atoms with Gasteiger partial charge < -0.3 is 10.5 Å². The third-order valence-corrected chi connectivity index (χ3v) is 2.76. The van der Waals surface area contributed by atoms with Crippen LogP contribution in [0.4, 0.5) is 0 Å². The maximum atomic E-state index is 5.50. The average molecular weight is 141 g/mol. The summed E-state index contributed by atoms with van der Waals surface area (Å²) in [6.07, 6.45) is 4.43. The lowest BCUT2D eigenvalue weighted by Crippen LogP contribution is -2.02. The van der Waals surface area contributed by atoms with Crippen LogP contribution in [0.1, 0.15) is 19.3 Å². The summed E-state index contributed by atoms with van der Waals surface area (Å²) in [5.74, 6) is 1.81. The second kappa shape index (κ2) is 2.51. The Kier molecular flexibility index (Phi) is 1.66. The molecule has 1 saturated carbocycles. The Labute approximate surface area is 61.7 Å². The van der Waals surface area contributed by atoms with Gasteiger partial charge in [-0.3, -0.25) is 0 Å². The molecule has 2 rings (SSSR count). The van der Waals surface area contributed by atoms with Crippen molar-refractivity contribution in [3.05, 3.63) is 0 Å². The average Bonchev–Trinajstić information content (AvgIpc) is 2.46. The molecule has 0 radical (unpaired) electrons. The predicted octanol–water partition coefficient (Wildman–Crippen LogP) is 0.760. The summed E-state index contributed by atoms with van der Waals surface area (Å²) in [5.41, 5.74) is 5.41. The zero-order valence-electron chi connectivity index (χ0n) is 6.25. The van der Waals surface area contributed by atoms with Crippen molar-refractivity contribution in [3.8, 4) is 0 Å². The maximum Gasteiger partial charge on any atom is 0.0639 e. The van der Waals surface area contributed by atoms with Crippen LogP contribution in [0.15, 0.2) is 0 Å². The second-order valence-electron chi connectivity index (χ2n) is 3.38. The molecule has 1 saturated heterocycles. The highest BCUT2D eigenvalue weighted by atomic mass is 16.5. The predicted molar refractivity (Wildman–Crippen MR) is 39.6 cm³/mol. The van der Waals surface area contributed by atoms with E-state index in [0.29, 0.717) is 6.10 Å². The summed E-state index contributed by atoms with van der Waals surface area (Å²) in [4.78, 5) is 0. The molecule has 0 aromatic rings. The third kappa shape index (κ3) is 0.956. The van der Waals surface area contributed by atoms with Gasteiger partial charge in [0.2, 0.25) is 0 Å². The first-order valence-corrected chi connectivity index (χ1v) is 4.25. The summed E-state index contributed by atoms with van der Waals surface area (Å²) in [7, 11) is 0. The molecule has 0 amide bonds. The Morgan fingerprint density at radius 1 is 1.50 bits per heavy atom. The van der Waals surface area contributed by atoms with Crippen molar-refractivity contribution >= 4 is 0 Å². The molecule has 0 bridgehead atoms. The van der Waals surface area contributed by atoms with Crippen LogP contribution in [-0.4, -0.2) is 19.3 Å². The molecular formula is C8H15NO. The van der Waals surface area contributed by atoms with Crippen molar-refractivity contribution in [1.82, 2.24) is 0 Å². The highest BCUT2D eigenvalue weighted by molar-refractivity contribution is 5.01. The molecule has 1 unspecified atom stereocenters. The maximum absolute atomic E-state index is 5.50. The van der Waals surface area contributed by atoms with Gasteiger partial charge >= 0.3 is 0 Å². The number of fused-ring (bicyclic) bond motifs is 1. The van der Waals surface area contributed by atoms with Crippen LogP contribution in [0.3, 0.4) is 0 Å². The summed E-state index contributed by atoms with van der Waals surface area (Å²) in [5, 5.41) is 0. The van der Waals surface area contributed by atoms with Gasteiger partial charge in [0.05, 0.1) is 6.10 Å². The zero-order valence-corrected chi connectivity index (χ0v) is 6.25. The molecule has 2 fully saturated rings. The Morgan fingerprint density at radius 2 is 2.40 bits per heavy atom. The van der Waals surface area contributed by atoms with E-state index in [-0.39, 0.29) is 0 Å². The Morgan fingerprint density at radius 3 is 3.00 bits per heavy atom. The molecule has 58 valence electrons. The topological polar surface area (TPSA) is 35.2 Å². The van der Waals surface area contributed by atoms with E-state index in [0.717, 1.165) is 25.0 Å². The fraction of sp³-hybridized carbons (Fsp3) is 1.00. The molecule has 0 aromatic carbocycles. The van der Waals surface area contributed by atoms with Crippen molar-refractivity contribution in [2.24, 2.45) is 17.6 Å². The Bertz CT molecular complexity index is 116. The van der Waals surface area contributed by atoms with Crippen LogP contribution >= 0.6 is 0 Å². The molecule has 10 heavy (non-hydrogen) atoms. The first-order valence-electron chi connectivity index (χ1n) is 4.25. The minimum atomic E-state index is 0.645. The van der Waals surface area contributed by atoms with E-state index in [9.17, 15) is 0 Å². The van der Waals surface area contributed by atoms with Crippen molar-refractivity contribution in [1.29, 1.82) is 0 Å². The summed E-state index contributed by atoms with van der Waals surface area (Å²) < 4.78 is 5.50.